The molecule has 0 saturated carbocycles. The third-order valence-corrected chi connectivity index (χ3v) is 6.21. The second-order valence-electron chi connectivity index (χ2n) is 6.96. The third kappa shape index (κ3) is 2.02. The number of likely N-dealkylation sites (N-methyl/N-ethyl adjacent to an activating group) is 1. The molecule has 4 nitrogen and oxygen atoms in total. The zero-order valence-corrected chi connectivity index (χ0v) is 17.9. The lowest BCUT2D eigenvalue weighted by molar-refractivity contribution is -0.127. The summed E-state index contributed by atoms with van der Waals surface area (Å²) in [5, 5.41) is 0. The molecule has 4 aliphatic rings. The first-order chi connectivity index (χ1) is 11.7. The fourth-order valence-corrected chi connectivity index (χ4v) is 5.23. The van der Waals surface area contributed by atoms with Crippen LogP contribution in [0.2, 0.25) is 0 Å². The van der Waals surface area contributed by atoms with Gasteiger partial charge in [-0.25, -0.2) is 0 Å². The highest BCUT2D eigenvalue weighted by atomic mass is 128. The second kappa shape index (κ2) is 6.12. The van der Waals surface area contributed by atoms with Gasteiger partial charge in [0.2, 0.25) is 0 Å². The van der Waals surface area contributed by atoms with Gasteiger partial charge in [-0.15, -0.1) is 0 Å². The number of benzene rings is 1. The quantitative estimate of drug-likeness (QED) is 0.502. The Hall–Kier alpha value is -0.350. The monoisotopic (exact) mass is 551 g/mol. The molecule has 1 spiro atoms. The molecule has 4 unspecified atom stereocenters. The van der Waals surface area contributed by atoms with Crippen molar-refractivity contribution in [1.29, 1.82) is 0 Å². The first kappa shape index (κ1) is 17.1. The number of likely N-dealkylation sites (tertiary alicyclic amines) is 1. The van der Waals surface area contributed by atoms with Gasteiger partial charge in [-0.3, -0.25) is 4.79 Å². The number of hydrogen-bond acceptors (Lipinski definition) is 4. The molecule has 1 fully saturated rings. The van der Waals surface area contributed by atoms with Gasteiger partial charge in [-0.2, -0.15) is 0 Å². The molecule has 2 aliphatic heterocycles. The van der Waals surface area contributed by atoms with Crippen molar-refractivity contribution >= 4 is 43.0 Å². The van der Waals surface area contributed by atoms with Crippen LogP contribution in [0.25, 0.3) is 0 Å². The summed E-state index contributed by atoms with van der Waals surface area (Å²) in [6.45, 7) is 1.01. The highest BCUT2D eigenvalue weighted by Gasteiger charge is 2.64. The smallest absolute Gasteiger partial charge is 0.196 e. The van der Waals surface area contributed by atoms with Gasteiger partial charge in [-0.1, -0.05) is 12.1 Å². The first-order valence-corrected chi connectivity index (χ1v) is 14.4. The van der Waals surface area contributed by atoms with Gasteiger partial charge in [0.25, 0.3) is 0 Å². The number of carbonyl (C=O) groups is 1. The summed E-state index contributed by atoms with van der Waals surface area (Å²) >= 11 is 4.24. The maximum atomic E-state index is 12.5. The largest absolute Gasteiger partial charge is 0.493 e. The summed E-state index contributed by atoms with van der Waals surface area (Å²) in [4.78, 5) is 15.0. The molecule has 128 valence electrons. The van der Waals surface area contributed by atoms with Crippen LogP contribution < -0.4 is 9.47 Å². The van der Waals surface area contributed by atoms with Crippen LogP contribution in [0, 0.1) is 5.92 Å². The van der Waals surface area contributed by atoms with E-state index < -0.39 is 0 Å². The lowest BCUT2D eigenvalue weighted by atomic mass is 9.53. The van der Waals surface area contributed by atoms with E-state index in [2.05, 4.69) is 61.3 Å². The van der Waals surface area contributed by atoms with Crippen LogP contribution in [0.15, 0.2) is 24.3 Å². The maximum absolute atomic E-state index is 12.5. The summed E-state index contributed by atoms with van der Waals surface area (Å²) < 4.78 is 11.7. The molecule has 0 N–H and O–H groups in total. The Labute approximate surface area is 165 Å². The van der Waals surface area contributed by atoms with E-state index in [-0.39, 0.29) is 17.3 Å². The minimum absolute atomic E-state index is 0.102. The topological polar surface area (TPSA) is 38.8 Å². The van der Waals surface area contributed by atoms with Crippen LogP contribution in [0.1, 0.15) is 17.5 Å². The Balaban J connectivity index is 0.000000704. The molecule has 24 heavy (non-hydrogen) atoms. The molecule has 0 amide bonds. The molecule has 2 bridgehead atoms. The van der Waals surface area contributed by atoms with E-state index in [0.717, 1.165) is 30.9 Å². The standard InChI is InChI=1S/C18H19NO3.I2/c1-19-8-7-18-11-4-5-13(20)17(18)22-16-14(21-2)6-3-10(15(16)18)9-12(11)19;1-2/h3-6,11-12,17H,7-9H2,1-2H3;. The fourth-order valence-electron chi connectivity index (χ4n) is 5.23. The lowest BCUT2D eigenvalue weighted by Gasteiger charge is -2.55. The average molecular weight is 551 g/mol. The normalized spacial score (nSPS) is 34.8. The summed E-state index contributed by atoms with van der Waals surface area (Å²) in [6, 6.07) is 4.60. The minimum atomic E-state index is -0.371. The Morgan fingerprint density at radius 2 is 2.17 bits per heavy atom. The van der Waals surface area contributed by atoms with Crippen LogP contribution in [0.4, 0.5) is 0 Å². The van der Waals surface area contributed by atoms with Crippen molar-refractivity contribution in [3.05, 3.63) is 35.4 Å². The number of rotatable bonds is 1. The number of hydrogen-bond donors (Lipinski definition) is 0. The van der Waals surface area contributed by atoms with Crippen LogP contribution in [0.5, 0.6) is 11.5 Å². The highest BCUT2D eigenvalue weighted by Crippen LogP contribution is 2.61. The number of nitrogens with zero attached hydrogens (tertiary/aromatic N) is 1. The molecule has 2 heterocycles. The fraction of sp³-hybridized carbons (Fsp3) is 0.500. The maximum Gasteiger partial charge on any atom is 0.196 e. The van der Waals surface area contributed by atoms with Crippen LogP contribution in [0.3, 0.4) is 0 Å². The molecule has 6 heteroatoms. The third-order valence-electron chi connectivity index (χ3n) is 6.21. The van der Waals surface area contributed by atoms with Crippen LogP contribution >= 0.6 is 37.2 Å². The van der Waals surface area contributed by atoms with Gasteiger partial charge in [0.15, 0.2) is 23.4 Å². The highest BCUT2D eigenvalue weighted by molar-refractivity contribution is 15.0. The molecule has 1 saturated heterocycles. The SMILES string of the molecule is COc1ccc2c3c1OC1C(=O)C=CC4C(C2)N(C)CCC314.II. The Kier molecular flexibility index (Phi) is 4.36. The lowest BCUT2D eigenvalue weighted by Crippen LogP contribution is -2.64. The molecule has 1 aromatic carbocycles. The second-order valence-corrected chi connectivity index (χ2v) is 6.96. The van der Waals surface area contributed by atoms with Crippen molar-refractivity contribution in [3.8, 4) is 11.5 Å². The van der Waals surface area contributed by atoms with E-state index >= 15 is 0 Å². The number of ketones is 1. The number of halogens is 2. The number of methoxy groups -OCH3 is 1. The van der Waals surface area contributed by atoms with E-state index in [0.29, 0.717) is 12.0 Å². The summed E-state index contributed by atoms with van der Waals surface area (Å²) in [5.41, 5.74) is 2.40. The molecule has 2 aliphatic carbocycles. The van der Waals surface area contributed by atoms with Crippen LogP contribution in [-0.4, -0.2) is 43.5 Å². The van der Waals surface area contributed by atoms with Gasteiger partial charge < -0.3 is 14.4 Å². The Morgan fingerprint density at radius 1 is 1.38 bits per heavy atom. The van der Waals surface area contributed by atoms with E-state index in [9.17, 15) is 4.79 Å². The minimum Gasteiger partial charge on any atom is -0.493 e. The predicted octanol–water partition coefficient (Wildman–Crippen LogP) is 3.48. The molecule has 5 rings (SSSR count). The number of carbonyl (C=O) groups excluding carboxylic acids is 1. The number of ether oxygens (including phenoxy) is 2. The van der Waals surface area contributed by atoms with E-state index in [4.69, 9.17) is 9.47 Å². The Bertz CT molecular complexity index is 735. The van der Waals surface area contributed by atoms with Gasteiger partial charge in [-0.05, 0) is 44.1 Å². The van der Waals surface area contributed by atoms with Crippen molar-refractivity contribution in [2.45, 2.75) is 30.4 Å². The average Bonchev–Trinajstić information content (AvgIpc) is 2.97. The van der Waals surface area contributed by atoms with Crippen molar-refractivity contribution in [2.24, 2.45) is 5.92 Å². The van der Waals surface area contributed by atoms with Crippen molar-refractivity contribution < 1.29 is 14.3 Å². The van der Waals surface area contributed by atoms with Crippen molar-refractivity contribution in [2.75, 3.05) is 20.7 Å². The van der Waals surface area contributed by atoms with Crippen molar-refractivity contribution in [1.82, 2.24) is 4.90 Å². The zero-order valence-electron chi connectivity index (χ0n) is 13.6. The molecule has 1 aromatic rings. The molecule has 0 radical (unpaired) electrons. The van der Waals surface area contributed by atoms with Gasteiger partial charge >= 0.3 is 0 Å². The van der Waals surface area contributed by atoms with Gasteiger partial charge in [0, 0.05) is 54.8 Å². The predicted molar refractivity (Wildman–Crippen MR) is 110 cm³/mol. The van der Waals surface area contributed by atoms with Crippen LogP contribution in [-0.2, 0) is 16.6 Å². The van der Waals surface area contributed by atoms with E-state index in [1.807, 2.05) is 6.07 Å². The zero-order chi connectivity index (χ0) is 17.1. The van der Waals surface area contributed by atoms with Gasteiger partial charge in [0.1, 0.15) is 0 Å². The molecule has 0 aromatic heterocycles. The molecular formula is C18H19I2NO3. The van der Waals surface area contributed by atoms with E-state index in [1.54, 1.807) is 13.2 Å². The number of piperidine rings is 1. The molecular weight excluding hydrogens is 532 g/mol. The van der Waals surface area contributed by atoms with Gasteiger partial charge in [0.05, 0.1) is 12.5 Å². The first-order valence-electron chi connectivity index (χ1n) is 8.10. The Morgan fingerprint density at radius 3 is 2.92 bits per heavy atom. The van der Waals surface area contributed by atoms with Crippen molar-refractivity contribution in [3.63, 3.8) is 0 Å². The summed E-state index contributed by atoms with van der Waals surface area (Å²) in [7, 11) is 3.86. The summed E-state index contributed by atoms with van der Waals surface area (Å²) in [5.74, 6) is 2.03. The summed E-state index contributed by atoms with van der Waals surface area (Å²) in [6.07, 6.45) is 5.50. The molecule has 4 atom stereocenters. The van der Waals surface area contributed by atoms with E-state index in [1.165, 1.54) is 11.1 Å².